The van der Waals surface area contributed by atoms with E-state index in [1.165, 1.54) is 6.20 Å². The standard InChI is InChI=1S/C10H11F2IN2O2/c1-2-17-7(16)3-5-8(9(11)12)6(13)4-15-10(5)14/h4,9H,2-3H2,1H3,(H2,14,15). The SMILES string of the molecule is CCOC(=O)Cc1c(N)ncc(I)c1C(F)F. The van der Waals surface area contributed by atoms with Crippen LogP contribution in [-0.4, -0.2) is 17.6 Å². The molecule has 0 spiro atoms. The number of rotatable bonds is 4. The zero-order valence-electron chi connectivity index (χ0n) is 9.04. The molecule has 1 aromatic rings. The van der Waals surface area contributed by atoms with Gasteiger partial charge in [0.1, 0.15) is 5.82 Å². The van der Waals surface area contributed by atoms with E-state index in [1.54, 1.807) is 29.5 Å². The maximum absolute atomic E-state index is 12.9. The minimum absolute atomic E-state index is 0.0466. The number of esters is 1. The first-order valence-electron chi connectivity index (χ1n) is 4.83. The fraction of sp³-hybridized carbons (Fsp3) is 0.400. The molecule has 4 nitrogen and oxygen atoms in total. The molecule has 17 heavy (non-hydrogen) atoms. The summed E-state index contributed by atoms with van der Waals surface area (Å²) in [5.41, 5.74) is 5.32. The number of ether oxygens (including phenoxy) is 1. The average Bonchev–Trinajstić information content (AvgIpc) is 2.23. The minimum atomic E-state index is -2.70. The van der Waals surface area contributed by atoms with E-state index in [1.807, 2.05) is 0 Å². The molecule has 0 fully saturated rings. The molecule has 1 heterocycles. The number of nitrogens with two attached hydrogens (primary N) is 1. The third-order valence-electron chi connectivity index (χ3n) is 2.05. The van der Waals surface area contributed by atoms with E-state index in [-0.39, 0.29) is 33.5 Å². The van der Waals surface area contributed by atoms with Gasteiger partial charge in [0.15, 0.2) is 0 Å². The van der Waals surface area contributed by atoms with Gasteiger partial charge in [-0.15, -0.1) is 0 Å². The van der Waals surface area contributed by atoms with Crippen LogP contribution in [0, 0.1) is 3.57 Å². The summed E-state index contributed by atoms with van der Waals surface area (Å²) in [5, 5.41) is 0. The Balaban J connectivity index is 3.12. The Morgan fingerprint density at radius 2 is 2.29 bits per heavy atom. The number of aromatic nitrogens is 1. The van der Waals surface area contributed by atoms with Crippen LogP contribution < -0.4 is 5.73 Å². The van der Waals surface area contributed by atoms with Crippen LogP contribution in [0.4, 0.5) is 14.6 Å². The first-order valence-corrected chi connectivity index (χ1v) is 5.91. The first-order chi connectivity index (χ1) is 7.97. The van der Waals surface area contributed by atoms with Crippen molar-refractivity contribution in [1.29, 1.82) is 0 Å². The number of hydrogen-bond acceptors (Lipinski definition) is 4. The molecule has 1 rings (SSSR count). The van der Waals surface area contributed by atoms with Crippen molar-refractivity contribution in [2.75, 3.05) is 12.3 Å². The molecule has 1 aromatic heterocycles. The molecule has 2 N–H and O–H groups in total. The van der Waals surface area contributed by atoms with Crippen molar-refractivity contribution >= 4 is 34.4 Å². The molecule has 0 aliphatic carbocycles. The van der Waals surface area contributed by atoms with E-state index in [0.29, 0.717) is 0 Å². The van der Waals surface area contributed by atoms with Crippen molar-refractivity contribution in [2.45, 2.75) is 19.8 Å². The smallest absolute Gasteiger partial charge is 0.310 e. The molecule has 0 bridgehead atoms. The van der Waals surface area contributed by atoms with Crippen molar-refractivity contribution in [1.82, 2.24) is 4.98 Å². The normalized spacial score (nSPS) is 10.6. The predicted octanol–water partition coefficient (Wildman–Crippen LogP) is 2.31. The minimum Gasteiger partial charge on any atom is -0.466 e. The predicted molar refractivity (Wildman–Crippen MR) is 66.7 cm³/mol. The fourth-order valence-corrected chi connectivity index (χ4v) is 2.03. The van der Waals surface area contributed by atoms with E-state index in [9.17, 15) is 13.6 Å². The second-order valence-corrected chi connectivity index (χ2v) is 4.33. The molecule has 0 radical (unpaired) electrons. The van der Waals surface area contributed by atoms with Crippen molar-refractivity contribution in [2.24, 2.45) is 0 Å². The topological polar surface area (TPSA) is 65.2 Å². The summed E-state index contributed by atoms with van der Waals surface area (Å²) in [5.74, 6) is -0.654. The quantitative estimate of drug-likeness (QED) is 0.664. The van der Waals surface area contributed by atoms with Crippen LogP contribution in [-0.2, 0) is 16.0 Å². The molecular formula is C10H11F2IN2O2. The van der Waals surface area contributed by atoms with Gasteiger partial charge in [-0.25, -0.2) is 13.8 Å². The lowest BCUT2D eigenvalue weighted by atomic mass is 10.1. The van der Waals surface area contributed by atoms with Crippen LogP contribution >= 0.6 is 22.6 Å². The zero-order valence-corrected chi connectivity index (χ0v) is 11.2. The van der Waals surface area contributed by atoms with Crippen molar-refractivity contribution < 1.29 is 18.3 Å². The second kappa shape index (κ2) is 6.08. The maximum atomic E-state index is 12.9. The third kappa shape index (κ3) is 3.48. The summed E-state index contributed by atoms with van der Waals surface area (Å²) in [4.78, 5) is 15.1. The monoisotopic (exact) mass is 356 g/mol. The molecule has 0 unspecified atom stereocenters. The molecule has 0 atom stereocenters. The number of anilines is 1. The summed E-state index contributed by atoms with van der Waals surface area (Å²) in [6, 6.07) is 0. The Bertz CT molecular complexity index is 427. The zero-order chi connectivity index (χ0) is 13.0. The number of nitrogen functional groups attached to an aromatic ring is 1. The summed E-state index contributed by atoms with van der Waals surface area (Å²) in [7, 11) is 0. The number of nitrogens with zero attached hydrogens (tertiary/aromatic N) is 1. The van der Waals surface area contributed by atoms with Gasteiger partial charge in [-0.3, -0.25) is 4.79 Å². The van der Waals surface area contributed by atoms with E-state index in [4.69, 9.17) is 10.5 Å². The Labute approximate surface area is 111 Å². The van der Waals surface area contributed by atoms with Gasteiger partial charge in [0.2, 0.25) is 0 Å². The molecule has 94 valence electrons. The van der Waals surface area contributed by atoms with Gasteiger partial charge >= 0.3 is 5.97 Å². The van der Waals surface area contributed by atoms with E-state index < -0.39 is 12.4 Å². The molecule has 0 saturated carbocycles. The van der Waals surface area contributed by atoms with E-state index in [2.05, 4.69) is 4.98 Å². The molecular weight excluding hydrogens is 345 g/mol. The molecule has 7 heteroatoms. The molecule has 0 saturated heterocycles. The van der Waals surface area contributed by atoms with Gasteiger partial charge in [0, 0.05) is 20.9 Å². The Morgan fingerprint density at radius 1 is 1.65 bits per heavy atom. The van der Waals surface area contributed by atoms with Crippen LogP contribution in [0.3, 0.4) is 0 Å². The lowest BCUT2D eigenvalue weighted by Crippen LogP contribution is -2.13. The summed E-state index contributed by atoms with van der Waals surface area (Å²) in [6.45, 7) is 1.84. The number of halogens is 3. The van der Waals surface area contributed by atoms with Crippen LogP contribution in [0.15, 0.2) is 6.20 Å². The van der Waals surface area contributed by atoms with Crippen molar-refractivity contribution in [3.05, 3.63) is 20.9 Å². The molecule has 0 amide bonds. The van der Waals surface area contributed by atoms with Crippen molar-refractivity contribution in [3.63, 3.8) is 0 Å². The third-order valence-corrected chi connectivity index (χ3v) is 2.91. The average molecular weight is 356 g/mol. The van der Waals surface area contributed by atoms with E-state index >= 15 is 0 Å². The summed E-state index contributed by atoms with van der Waals surface area (Å²) >= 11 is 1.74. The lowest BCUT2D eigenvalue weighted by molar-refractivity contribution is -0.142. The van der Waals surface area contributed by atoms with Gasteiger partial charge in [-0.05, 0) is 29.5 Å². The second-order valence-electron chi connectivity index (χ2n) is 3.17. The van der Waals surface area contributed by atoms with Crippen LogP contribution in [0.1, 0.15) is 24.5 Å². The summed E-state index contributed by atoms with van der Waals surface area (Å²) < 4.78 is 30.7. The highest BCUT2D eigenvalue weighted by atomic mass is 127. The number of carbonyl (C=O) groups excluding carboxylic acids is 1. The molecule has 0 aliphatic heterocycles. The van der Waals surface area contributed by atoms with Crippen LogP contribution in [0.25, 0.3) is 0 Å². The van der Waals surface area contributed by atoms with Gasteiger partial charge in [-0.1, -0.05) is 0 Å². The molecule has 0 aromatic carbocycles. The highest BCUT2D eigenvalue weighted by molar-refractivity contribution is 14.1. The van der Waals surface area contributed by atoms with Crippen LogP contribution in [0.5, 0.6) is 0 Å². The van der Waals surface area contributed by atoms with Crippen LogP contribution in [0.2, 0.25) is 0 Å². The van der Waals surface area contributed by atoms with Crippen molar-refractivity contribution in [3.8, 4) is 0 Å². The Hall–Kier alpha value is -0.990. The Kier molecular flexibility index (Phi) is 5.03. The maximum Gasteiger partial charge on any atom is 0.310 e. The number of pyridine rings is 1. The highest BCUT2D eigenvalue weighted by Gasteiger charge is 2.22. The highest BCUT2D eigenvalue weighted by Crippen LogP contribution is 2.30. The summed E-state index contributed by atoms with van der Waals surface area (Å²) in [6.07, 6.45) is -1.73. The first kappa shape index (κ1) is 14.1. The number of hydrogen-bond donors (Lipinski definition) is 1. The Morgan fingerprint density at radius 3 is 2.82 bits per heavy atom. The number of alkyl halides is 2. The lowest BCUT2D eigenvalue weighted by Gasteiger charge is -2.12. The molecule has 0 aliphatic rings. The fourth-order valence-electron chi connectivity index (χ4n) is 1.33. The number of carbonyl (C=O) groups is 1. The van der Waals surface area contributed by atoms with Gasteiger partial charge in [0.25, 0.3) is 6.43 Å². The van der Waals surface area contributed by atoms with E-state index in [0.717, 1.165) is 0 Å². The van der Waals surface area contributed by atoms with Gasteiger partial charge < -0.3 is 10.5 Å². The largest absolute Gasteiger partial charge is 0.466 e. The van der Waals surface area contributed by atoms with Gasteiger partial charge in [-0.2, -0.15) is 0 Å². The van der Waals surface area contributed by atoms with Gasteiger partial charge in [0.05, 0.1) is 13.0 Å².